The number of likely N-dealkylation sites (N-methyl/N-ethyl adjacent to an activating group) is 1. The predicted molar refractivity (Wildman–Crippen MR) is 44.8 cm³/mol. The lowest BCUT2D eigenvalue weighted by atomic mass is 10.2. The molecule has 0 amide bonds. The van der Waals surface area contributed by atoms with Gasteiger partial charge >= 0.3 is 5.97 Å². The van der Waals surface area contributed by atoms with Crippen molar-refractivity contribution in [3.63, 3.8) is 0 Å². The molecule has 0 aromatic heterocycles. The summed E-state index contributed by atoms with van der Waals surface area (Å²) >= 11 is 0. The maximum atomic E-state index is 10.9. The van der Waals surface area contributed by atoms with Gasteiger partial charge in [0, 0.05) is 0 Å². The number of hydrogen-bond donors (Lipinski definition) is 1. The molecule has 66 valence electrons. The van der Waals surface area contributed by atoms with Crippen LogP contribution in [0.1, 0.15) is 12.8 Å². The van der Waals surface area contributed by atoms with Gasteiger partial charge in [0.25, 0.3) is 0 Å². The largest absolute Gasteiger partial charge is 0.468 e. The van der Waals surface area contributed by atoms with Crippen LogP contribution in [0.3, 0.4) is 0 Å². The van der Waals surface area contributed by atoms with Gasteiger partial charge in [0.1, 0.15) is 6.04 Å². The van der Waals surface area contributed by atoms with Crippen molar-refractivity contribution in [1.29, 1.82) is 0 Å². The number of halogens is 1. The van der Waals surface area contributed by atoms with E-state index in [1.807, 2.05) is 0 Å². The first-order valence-electron chi connectivity index (χ1n) is 3.54. The molecule has 0 radical (unpaired) electrons. The molecule has 1 atom stereocenters. The Balaban J connectivity index is 0.000001000. The third-order valence-electron chi connectivity index (χ3n) is 1.86. The fourth-order valence-corrected chi connectivity index (χ4v) is 1.10. The summed E-state index contributed by atoms with van der Waals surface area (Å²) in [6.45, 7) is 0. The van der Waals surface area contributed by atoms with Crippen LogP contribution < -0.4 is 5.32 Å². The molecule has 0 spiro atoms. The molecule has 1 aliphatic rings. The minimum absolute atomic E-state index is 0. The molecule has 1 N–H and O–H groups in total. The van der Waals surface area contributed by atoms with Crippen LogP contribution in [0, 0.1) is 5.92 Å². The lowest BCUT2D eigenvalue weighted by Crippen LogP contribution is -2.36. The smallest absolute Gasteiger partial charge is 0.323 e. The summed E-state index contributed by atoms with van der Waals surface area (Å²) in [5.74, 6) is 0.391. The molecule has 1 fully saturated rings. The quantitative estimate of drug-likeness (QED) is 0.645. The van der Waals surface area contributed by atoms with Crippen molar-refractivity contribution in [1.82, 2.24) is 5.32 Å². The molecule has 1 rings (SSSR count). The van der Waals surface area contributed by atoms with Crippen molar-refractivity contribution in [2.75, 3.05) is 14.2 Å². The number of nitrogens with one attached hydrogen (secondary N) is 1. The first-order valence-corrected chi connectivity index (χ1v) is 3.54. The maximum Gasteiger partial charge on any atom is 0.323 e. The second-order valence-electron chi connectivity index (χ2n) is 2.63. The highest BCUT2D eigenvalue weighted by Gasteiger charge is 2.35. The summed E-state index contributed by atoms with van der Waals surface area (Å²) in [6.07, 6.45) is 2.31. The van der Waals surface area contributed by atoms with E-state index < -0.39 is 0 Å². The molecular weight excluding hydrogens is 166 g/mol. The van der Waals surface area contributed by atoms with Crippen LogP contribution in [0.15, 0.2) is 0 Å². The van der Waals surface area contributed by atoms with E-state index in [0.717, 1.165) is 12.8 Å². The van der Waals surface area contributed by atoms with Gasteiger partial charge < -0.3 is 10.1 Å². The van der Waals surface area contributed by atoms with Crippen molar-refractivity contribution in [3.05, 3.63) is 0 Å². The fourth-order valence-electron chi connectivity index (χ4n) is 1.10. The molecule has 0 aliphatic heterocycles. The normalized spacial score (nSPS) is 18.4. The third kappa shape index (κ3) is 2.67. The number of hydrogen-bond acceptors (Lipinski definition) is 3. The van der Waals surface area contributed by atoms with Gasteiger partial charge in [-0.25, -0.2) is 0 Å². The minimum Gasteiger partial charge on any atom is -0.468 e. The summed E-state index contributed by atoms with van der Waals surface area (Å²) in [5.41, 5.74) is 0. The van der Waals surface area contributed by atoms with Crippen LogP contribution in [0.2, 0.25) is 0 Å². The first kappa shape index (κ1) is 10.7. The average Bonchev–Trinajstić information content (AvgIpc) is 2.73. The van der Waals surface area contributed by atoms with Gasteiger partial charge in [0.2, 0.25) is 0 Å². The lowest BCUT2D eigenvalue weighted by Gasteiger charge is -2.11. The highest BCUT2D eigenvalue weighted by molar-refractivity contribution is 5.85. The van der Waals surface area contributed by atoms with Crippen LogP contribution in [0.5, 0.6) is 0 Å². The van der Waals surface area contributed by atoms with Crippen LogP contribution in [0.25, 0.3) is 0 Å². The molecule has 0 bridgehead atoms. The van der Waals surface area contributed by atoms with Crippen LogP contribution >= 0.6 is 12.4 Å². The van der Waals surface area contributed by atoms with Crippen molar-refractivity contribution in [2.24, 2.45) is 5.92 Å². The van der Waals surface area contributed by atoms with Crippen molar-refractivity contribution in [2.45, 2.75) is 18.9 Å². The Bertz CT molecular complexity index is 136. The Hall–Kier alpha value is -0.280. The van der Waals surface area contributed by atoms with Crippen molar-refractivity contribution in [3.8, 4) is 0 Å². The van der Waals surface area contributed by atoms with Crippen LogP contribution in [-0.4, -0.2) is 26.2 Å². The molecule has 1 unspecified atom stereocenters. The Morgan fingerprint density at radius 1 is 1.64 bits per heavy atom. The predicted octanol–water partition coefficient (Wildman–Crippen LogP) is 0.579. The number of carbonyl (C=O) groups excluding carboxylic acids is 1. The Morgan fingerprint density at radius 3 is 2.45 bits per heavy atom. The zero-order valence-electron chi connectivity index (χ0n) is 6.79. The topological polar surface area (TPSA) is 38.3 Å². The Morgan fingerprint density at radius 2 is 2.18 bits per heavy atom. The molecule has 4 heteroatoms. The molecule has 0 aromatic rings. The molecular formula is C7H14ClNO2. The van der Waals surface area contributed by atoms with Gasteiger partial charge in [-0.3, -0.25) is 4.79 Å². The monoisotopic (exact) mass is 179 g/mol. The third-order valence-corrected chi connectivity index (χ3v) is 1.86. The summed E-state index contributed by atoms with van der Waals surface area (Å²) in [7, 11) is 3.22. The summed E-state index contributed by atoms with van der Waals surface area (Å²) < 4.78 is 4.60. The average molecular weight is 180 g/mol. The van der Waals surface area contributed by atoms with Gasteiger partial charge in [-0.05, 0) is 25.8 Å². The molecule has 1 aliphatic carbocycles. The Labute approximate surface area is 72.9 Å². The molecule has 1 saturated carbocycles. The highest BCUT2D eigenvalue weighted by atomic mass is 35.5. The van der Waals surface area contributed by atoms with Crippen LogP contribution in [-0.2, 0) is 9.53 Å². The van der Waals surface area contributed by atoms with E-state index in [4.69, 9.17) is 0 Å². The zero-order chi connectivity index (χ0) is 7.56. The van der Waals surface area contributed by atoms with Gasteiger partial charge in [0.05, 0.1) is 7.11 Å². The Kier molecular flexibility index (Phi) is 4.45. The van der Waals surface area contributed by atoms with E-state index in [1.165, 1.54) is 7.11 Å². The van der Waals surface area contributed by atoms with E-state index in [1.54, 1.807) is 7.05 Å². The number of esters is 1. The van der Waals surface area contributed by atoms with E-state index in [-0.39, 0.29) is 24.4 Å². The second kappa shape index (κ2) is 4.57. The number of ether oxygens (including phenoxy) is 1. The van der Waals surface area contributed by atoms with Gasteiger partial charge in [0.15, 0.2) is 0 Å². The lowest BCUT2D eigenvalue weighted by molar-refractivity contribution is -0.143. The summed E-state index contributed by atoms with van der Waals surface area (Å²) in [5, 5.41) is 2.94. The van der Waals surface area contributed by atoms with Gasteiger partial charge in [-0.15, -0.1) is 12.4 Å². The number of rotatable bonds is 3. The van der Waals surface area contributed by atoms with E-state index in [0.29, 0.717) is 5.92 Å². The minimum atomic E-state index is -0.134. The second-order valence-corrected chi connectivity index (χ2v) is 2.63. The molecule has 0 aromatic carbocycles. The maximum absolute atomic E-state index is 10.9. The highest BCUT2D eigenvalue weighted by Crippen LogP contribution is 2.32. The van der Waals surface area contributed by atoms with E-state index in [2.05, 4.69) is 10.1 Å². The molecule has 0 heterocycles. The first-order chi connectivity index (χ1) is 4.79. The fraction of sp³-hybridized carbons (Fsp3) is 0.857. The van der Waals surface area contributed by atoms with Crippen LogP contribution in [0.4, 0.5) is 0 Å². The molecule has 11 heavy (non-hydrogen) atoms. The standard InChI is InChI=1S/C7H13NO2.ClH/c1-8-6(5-3-4-5)7(9)10-2;/h5-6,8H,3-4H2,1-2H3;1H. The van der Waals surface area contributed by atoms with E-state index >= 15 is 0 Å². The van der Waals surface area contributed by atoms with Crippen molar-refractivity contribution < 1.29 is 9.53 Å². The molecule has 3 nitrogen and oxygen atoms in total. The summed E-state index contributed by atoms with van der Waals surface area (Å²) in [6, 6.07) is -0.0648. The number of methoxy groups -OCH3 is 1. The molecule has 0 saturated heterocycles. The van der Waals surface area contributed by atoms with Gasteiger partial charge in [-0.2, -0.15) is 0 Å². The SMILES string of the molecule is CNC(C(=O)OC)C1CC1.Cl. The summed E-state index contributed by atoms with van der Waals surface area (Å²) in [4.78, 5) is 10.9. The zero-order valence-corrected chi connectivity index (χ0v) is 7.61. The van der Waals surface area contributed by atoms with Crippen molar-refractivity contribution >= 4 is 18.4 Å². The van der Waals surface area contributed by atoms with E-state index in [9.17, 15) is 4.79 Å². The number of carbonyl (C=O) groups is 1. The van der Waals surface area contributed by atoms with Gasteiger partial charge in [-0.1, -0.05) is 0 Å².